The molecule has 148 valence electrons. The Labute approximate surface area is 147 Å². The number of hydrogen-bond donors (Lipinski definition) is 1. The highest BCUT2D eigenvalue weighted by atomic mass is 19.4. The Kier molecular flexibility index (Phi) is 3.32. The second kappa shape index (κ2) is 4.90. The van der Waals surface area contributed by atoms with Gasteiger partial charge in [-0.25, -0.2) is 0 Å². The van der Waals surface area contributed by atoms with E-state index in [0.717, 1.165) is 19.3 Å². The summed E-state index contributed by atoms with van der Waals surface area (Å²) in [4.78, 5) is 0. The predicted molar refractivity (Wildman–Crippen MR) is 75.9 cm³/mol. The number of methoxy groups -OCH3 is 1. The van der Waals surface area contributed by atoms with Gasteiger partial charge < -0.3 is 19.3 Å². The molecule has 5 rings (SSSR count). The molecule has 4 bridgehead atoms. The van der Waals surface area contributed by atoms with E-state index in [1.807, 2.05) is 0 Å². The highest BCUT2D eigenvalue weighted by Crippen LogP contribution is 2.76. The smallest absolute Gasteiger partial charge is 0.359 e. The Morgan fingerprint density at radius 1 is 1.12 bits per heavy atom. The molecular weight excluding hydrogens is 363 g/mol. The van der Waals surface area contributed by atoms with E-state index < -0.39 is 48.2 Å². The molecule has 1 saturated heterocycles. The third-order valence-corrected chi connectivity index (χ3v) is 7.91. The van der Waals surface area contributed by atoms with Crippen LogP contribution in [0.3, 0.4) is 0 Å². The molecule has 1 aliphatic heterocycles. The average Bonchev–Trinajstić information content (AvgIpc) is 3.30. The van der Waals surface area contributed by atoms with Crippen LogP contribution in [-0.4, -0.2) is 48.6 Å². The molecule has 1 N–H and O–H groups in total. The molecular formula is C17H21F5O4. The Morgan fingerprint density at radius 2 is 1.77 bits per heavy atom. The van der Waals surface area contributed by atoms with Crippen LogP contribution < -0.4 is 0 Å². The minimum atomic E-state index is -5.63. The molecule has 0 aromatic rings. The summed E-state index contributed by atoms with van der Waals surface area (Å²) in [5.74, 6) is -9.75. The molecule has 5 fully saturated rings. The van der Waals surface area contributed by atoms with Gasteiger partial charge in [0.1, 0.15) is 12.9 Å². The Bertz CT molecular complexity index is 627. The molecule has 0 aromatic carbocycles. The molecule has 0 radical (unpaired) electrons. The summed E-state index contributed by atoms with van der Waals surface area (Å²) >= 11 is 0. The largest absolute Gasteiger partial charge is 0.449 e. The van der Waals surface area contributed by atoms with Crippen molar-refractivity contribution in [1.29, 1.82) is 0 Å². The van der Waals surface area contributed by atoms with E-state index >= 15 is 8.78 Å². The summed E-state index contributed by atoms with van der Waals surface area (Å²) in [6.45, 7) is -0.571. The van der Waals surface area contributed by atoms with Gasteiger partial charge in [-0.2, -0.15) is 22.0 Å². The standard InChI is InChI=1S/C17H21F5O4/c1-24-6-25-14-10-5-9(11-7-2-3-8(4-7)12(10)11)13(14)26-16(23,15(14,18)19)17(20,21)22/h7-13,23H,2-6H2,1H3. The van der Waals surface area contributed by atoms with E-state index in [0.29, 0.717) is 12.3 Å². The lowest BCUT2D eigenvalue weighted by Gasteiger charge is -2.48. The number of halogens is 5. The van der Waals surface area contributed by atoms with Crippen LogP contribution >= 0.6 is 0 Å². The molecule has 1 heterocycles. The molecule has 4 nitrogen and oxygen atoms in total. The Morgan fingerprint density at radius 3 is 2.38 bits per heavy atom. The fourth-order valence-electron chi connectivity index (χ4n) is 7.33. The summed E-state index contributed by atoms with van der Waals surface area (Å²) in [7, 11) is 1.23. The molecule has 26 heavy (non-hydrogen) atoms. The van der Waals surface area contributed by atoms with Crippen LogP contribution in [0.4, 0.5) is 22.0 Å². The van der Waals surface area contributed by atoms with E-state index in [-0.39, 0.29) is 17.8 Å². The molecule has 9 heteroatoms. The van der Waals surface area contributed by atoms with Crippen LogP contribution in [0, 0.1) is 35.5 Å². The lowest BCUT2D eigenvalue weighted by atomic mass is 9.63. The molecule has 9 atom stereocenters. The maximum Gasteiger partial charge on any atom is 0.449 e. The number of fused-ring (bicyclic) bond motifs is 12. The zero-order valence-electron chi connectivity index (χ0n) is 14.1. The molecule has 9 unspecified atom stereocenters. The molecule has 4 saturated carbocycles. The topological polar surface area (TPSA) is 47.9 Å². The van der Waals surface area contributed by atoms with Crippen molar-refractivity contribution in [2.75, 3.05) is 13.9 Å². The van der Waals surface area contributed by atoms with Crippen molar-refractivity contribution < 1.29 is 41.3 Å². The van der Waals surface area contributed by atoms with Gasteiger partial charge in [-0.1, -0.05) is 0 Å². The zero-order valence-corrected chi connectivity index (χ0v) is 14.1. The first-order chi connectivity index (χ1) is 12.1. The summed E-state index contributed by atoms with van der Waals surface area (Å²) in [5, 5.41) is 9.98. The summed E-state index contributed by atoms with van der Waals surface area (Å²) in [6, 6.07) is 0. The summed E-state index contributed by atoms with van der Waals surface area (Å²) in [5.41, 5.74) is -2.50. The van der Waals surface area contributed by atoms with Gasteiger partial charge in [0.15, 0.2) is 5.60 Å². The van der Waals surface area contributed by atoms with Crippen molar-refractivity contribution in [3.63, 3.8) is 0 Å². The maximum atomic E-state index is 15.3. The van der Waals surface area contributed by atoms with E-state index in [1.165, 1.54) is 7.11 Å². The Balaban J connectivity index is 1.63. The van der Waals surface area contributed by atoms with Crippen molar-refractivity contribution >= 4 is 0 Å². The molecule has 5 aliphatic rings. The SMILES string of the molecule is COCOC12C3CC(C4C5CCC(C5)C43)C1OC(O)(C(F)(F)F)C2(F)F. The normalized spacial score (nSPS) is 56.2. The number of aliphatic hydroxyl groups is 1. The van der Waals surface area contributed by atoms with Gasteiger partial charge in [0, 0.05) is 13.0 Å². The van der Waals surface area contributed by atoms with Crippen LogP contribution in [0.1, 0.15) is 25.7 Å². The van der Waals surface area contributed by atoms with Gasteiger partial charge in [-0.3, -0.25) is 0 Å². The van der Waals surface area contributed by atoms with E-state index in [9.17, 15) is 18.3 Å². The van der Waals surface area contributed by atoms with Crippen LogP contribution in [-0.2, 0) is 14.2 Å². The van der Waals surface area contributed by atoms with Gasteiger partial charge in [0.2, 0.25) is 0 Å². The van der Waals surface area contributed by atoms with Crippen LogP contribution in [0.2, 0.25) is 0 Å². The zero-order chi connectivity index (χ0) is 18.7. The van der Waals surface area contributed by atoms with Crippen molar-refractivity contribution in [3.8, 4) is 0 Å². The van der Waals surface area contributed by atoms with Crippen LogP contribution in [0.25, 0.3) is 0 Å². The van der Waals surface area contributed by atoms with Crippen molar-refractivity contribution in [3.05, 3.63) is 0 Å². The lowest BCUT2D eigenvalue weighted by Crippen LogP contribution is -2.67. The lowest BCUT2D eigenvalue weighted by molar-refractivity contribution is -0.417. The third-order valence-electron chi connectivity index (χ3n) is 7.91. The second-order valence-electron chi connectivity index (χ2n) is 8.59. The quantitative estimate of drug-likeness (QED) is 0.462. The minimum Gasteiger partial charge on any atom is -0.359 e. The van der Waals surface area contributed by atoms with E-state index in [1.54, 1.807) is 0 Å². The number of ether oxygens (including phenoxy) is 3. The third kappa shape index (κ3) is 1.63. The monoisotopic (exact) mass is 384 g/mol. The molecule has 4 aliphatic carbocycles. The van der Waals surface area contributed by atoms with Crippen LogP contribution in [0.15, 0.2) is 0 Å². The van der Waals surface area contributed by atoms with E-state index in [2.05, 4.69) is 0 Å². The first-order valence-electron chi connectivity index (χ1n) is 9.07. The van der Waals surface area contributed by atoms with Gasteiger partial charge >= 0.3 is 17.9 Å². The first kappa shape index (κ1) is 17.6. The molecule has 0 spiro atoms. The average molecular weight is 384 g/mol. The van der Waals surface area contributed by atoms with E-state index in [4.69, 9.17) is 14.2 Å². The number of rotatable bonds is 3. The van der Waals surface area contributed by atoms with Crippen LogP contribution in [0.5, 0.6) is 0 Å². The fraction of sp³-hybridized carbons (Fsp3) is 1.00. The van der Waals surface area contributed by atoms with Crippen molar-refractivity contribution in [1.82, 2.24) is 0 Å². The number of alkyl halides is 5. The summed E-state index contributed by atoms with van der Waals surface area (Å²) < 4.78 is 85.8. The van der Waals surface area contributed by atoms with Crippen molar-refractivity contribution in [2.24, 2.45) is 35.5 Å². The fourth-order valence-corrected chi connectivity index (χ4v) is 7.33. The van der Waals surface area contributed by atoms with Gasteiger partial charge in [-0.05, 0) is 55.3 Å². The maximum absolute atomic E-state index is 15.3. The summed E-state index contributed by atoms with van der Waals surface area (Å²) in [6.07, 6.45) is -3.88. The molecule has 0 aromatic heterocycles. The van der Waals surface area contributed by atoms with Crippen molar-refractivity contribution in [2.45, 2.75) is 55.3 Å². The Hall–Kier alpha value is -0.510. The molecule has 0 amide bonds. The van der Waals surface area contributed by atoms with Gasteiger partial charge in [0.25, 0.3) is 0 Å². The second-order valence-corrected chi connectivity index (χ2v) is 8.59. The highest BCUT2D eigenvalue weighted by molar-refractivity contribution is 5.29. The highest BCUT2D eigenvalue weighted by Gasteiger charge is 2.92. The predicted octanol–water partition coefficient (Wildman–Crippen LogP) is 2.94. The van der Waals surface area contributed by atoms with Gasteiger partial charge in [0.05, 0.1) is 0 Å². The number of hydrogen-bond acceptors (Lipinski definition) is 4. The van der Waals surface area contributed by atoms with Gasteiger partial charge in [-0.15, -0.1) is 0 Å². The first-order valence-corrected chi connectivity index (χ1v) is 9.07. The minimum absolute atomic E-state index is 0.0862.